The molecule has 3 heterocycles. The summed E-state index contributed by atoms with van der Waals surface area (Å²) in [4.78, 5) is 14.3. The summed E-state index contributed by atoms with van der Waals surface area (Å²) >= 11 is 1.23. The van der Waals surface area contributed by atoms with E-state index < -0.39 is 11.7 Å². The Morgan fingerprint density at radius 3 is 2.42 bits per heavy atom. The molecule has 0 spiro atoms. The van der Waals surface area contributed by atoms with Gasteiger partial charge in [0.15, 0.2) is 11.5 Å². The number of benzene rings is 1. The lowest BCUT2D eigenvalue weighted by atomic mass is 10.1. The van der Waals surface area contributed by atoms with Gasteiger partial charge in [0.25, 0.3) is 0 Å². The molecule has 0 radical (unpaired) electrons. The fourth-order valence-corrected chi connectivity index (χ4v) is 3.82. The molecule has 2 aromatic heterocycles. The molecule has 0 unspecified atom stereocenters. The van der Waals surface area contributed by atoms with E-state index in [1.165, 1.54) is 29.5 Å². The highest BCUT2D eigenvalue weighted by Crippen LogP contribution is 2.36. The average molecular weight is 381 g/mol. The van der Waals surface area contributed by atoms with Crippen molar-refractivity contribution in [2.45, 2.75) is 6.18 Å². The van der Waals surface area contributed by atoms with E-state index in [0.717, 1.165) is 12.1 Å². The van der Waals surface area contributed by atoms with Crippen molar-refractivity contribution in [3.05, 3.63) is 51.5 Å². The molecule has 1 aliphatic rings. The van der Waals surface area contributed by atoms with Gasteiger partial charge in [-0.15, -0.1) is 11.3 Å². The summed E-state index contributed by atoms with van der Waals surface area (Å²) < 4.78 is 50.0. The Kier molecular flexibility index (Phi) is 4.24. The first-order valence-corrected chi connectivity index (χ1v) is 8.87. The number of morpholine rings is 1. The maximum absolute atomic E-state index is 12.8. The first kappa shape index (κ1) is 17.1. The molecule has 0 atom stereocenters. The normalized spacial score (nSPS) is 15.6. The van der Waals surface area contributed by atoms with E-state index in [4.69, 9.17) is 9.15 Å². The van der Waals surface area contributed by atoms with Crippen molar-refractivity contribution in [3.8, 4) is 11.1 Å². The van der Waals surface area contributed by atoms with Crippen LogP contribution in [-0.2, 0) is 10.9 Å². The topological polar surface area (TPSA) is 42.7 Å². The zero-order valence-corrected chi connectivity index (χ0v) is 14.3. The van der Waals surface area contributed by atoms with Crippen molar-refractivity contribution in [2.75, 3.05) is 31.2 Å². The second-order valence-corrected chi connectivity index (χ2v) is 6.81. The molecular formula is C18H14F3NO3S. The van der Waals surface area contributed by atoms with Gasteiger partial charge in [-0.1, -0.05) is 12.1 Å². The van der Waals surface area contributed by atoms with Crippen LogP contribution in [0.5, 0.6) is 0 Å². The van der Waals surface area contributed by atoms with E-state index >= 15 is 0 Å². The van der Waals surface area contributed by atoms with Crippen molar-refractivity contribution < 1.29 is 22.3 Å². The molecule has 1 saturated heterocycles. The minimum absolute atomic E-state index is 0.157. The second kappa shape index (κ2) is 6.44. The van der Waals surface area contributed by atoms with Crippen LogP contribution < -0.4 is 10.3 Å². The third-order valence-electron chi connectivity index (χ3n) is 4.28. The molecule has 0 bridgehead atoms. The van der Waals surface area contributed by atoms with E-state index in [1.807, 2.05) is 4.90 Å². The Hall–Kier alpha value is -2.32. The Morgan fingerprint density at radius 2 is 1.77 bits per heavy atom. The smallest absolute Gasteiger partial charge is 0.416 e. The van der Waals surface area contributed by atoms with Gasteiger partial charge >= 0.3 is 6.18 Å². The minimum atomic E-state index is -4.38. The van der Waals surface area contributed by atoms with E-state index in [-0.39, 0.29) is 5.43 Å². The summed E-state index contributed by atoms with van der Waals surface area (Å²) in [6.45, 7) is 2.34. The lowest BCUT2D eigenvalue weighted by Crippen LogP contribution is -2.36. The number of rotatable bonds is 2. The van der Waals surface area contributed by atoms with Gasteiger partial charge in [0.1, 0.15) is 4.70 Å². The number of ether oxygens (including phenoxy) is 1. The molecule has 0 amide bonds. The molecule has 4 rings (SSSR count). The molecule has 1 aromatic carbocycles. The SMILES string of the molecule is O=c1cc(N2CCOCC2)oc2c(-c3ccc(C(F)(F)F)cc3)csc12. The molecule has 0 N–H and O–H groups in total. The van der Waals surface area contributed by atoms with Crippen LogP contribution in [0, 0.1) is 0 Å². The fourth-order valence-electron chi connectivity index (χ4n) is 2.91. The molecule has 0 aliphatic carbocycles. The molecule has 3 aromatic rings. The fraction of sp³-hybridized carbons (Fsp3) is 0.278. The number of fused-ring (bicyclic) bond motifs is 1. The molecule has 1 fully saturated rings. The molecule has 1 aliphatic heterocycles. The van der Waals surface area contributed by atoms with E-state index in [9.17, 15) is 18.0 Å². The first-order valence-electron chi connectivity index (χ1n) is 7.99. The first-order chi connectivity index (χ1) is 12.4. The van der Waals surface area contributed by atoms with E-state index in [0.29, 0.717) is 53.6 Å². The number of alkyl halides is 3. The van der Waals surface area contributed by atoms with Gasteiger partial charge in [0, 0.05) is 30.1 Å². The molecular weight excluding hydrogens is 367 g/mol. The zero-order valence-electron chi connectivity index (χ0n) is 13.5. The van der Waals surface area contributed by atoms with Gasteiger partial charge in [-0.3, -0.25) is 4.79 Å². The summed E-state index contributed by atoms with van der Waals surface area (Å²) in [7, 11) is 0. The Bertz CT molecular complexity index is 986. The van der Waals surface area contributed by atoms with Gasteiger partial charge in [-0.2, -0.15) is 13.2 Å². The number of anilines is 1. The van der Waals surface area contributed by atoms with Crippen LogP contribution in [0.4, 0.5) is 19.1 Å². The second-order valence-electron chi connectivity index (χ2n) is 5.93. The van der Waals surface area contributed by atoms with Crippen molar-refractivity contribution in [1.29, 1.82) is 0 Å². The third kappa shape index (κ3) is 3.10. The van der Waals surface area contributed by atoms with Crippen LogP contribution in [0.3, 0.4) is 0 Å². The summed E-state index contributed by atoms with van der Waals surface area (Å²) in [6.07, 6.45) is -4.38. The standard InChI is InChI=1S/C18H14F3NO3S/c19-18(20,21)12-3-1-11(2-4-12)13-10-26-17-14(23)9-15(25-16(13)17)22-5-7-24-8-6-22/h1-4,9-10H,5-8H2. The van der Waals surface area contributed by atoms with Gasteiger partial charge in [0.05, 0.1) is 18.8 Å². The summed E-state index contributed by atoms with van der Waals surface area (Å²) in [5, 5.41) is 1.74. The average Bonchev–Trinajstić information content (AvgIpc) is 3.06. The van der Waals surface area contributed by atoms with Crippen molar-refractivity contribution in [1.82, 2.24) is 0 Å². The maximum Gasteiger partial charge on any atom is 0.416 e. The molecule has 8 heteroatoms. The van der Waals surface area contributed by atoms with E-state index in [2.05, 4.69) is 0 Å². The van der Waals surface area contributed by atoms with Gasteiger partial charge in [-0.05, 0) is 17.7 Å². The van der Waals surface area contributed by atoms with Gasteiger partial charge < -0.3 is 14.1 Å². The Balaban J connectivity index is 1.78. The monoisotopic (exact) mass is 381 g/mol. The maximum atomic E-state index is 12.8. The van der Waals surface area contributed by atoms with Gasteiger partial charge in [0.2, 0.25) is 5.43 Å². The summed E-state index contributed by atoms with van der Waals surface area (Å²) in [5.41, 5.74) is 0.730. The van der Waals surface area contributed by atoms with Crippen LogP contribution in [0.1, 0.15) is 5.56 Å². The number of halogens is 3. The van der Waals surface area contributed by atoms with Crippen molar-refractivity contribution in [3.63, 3.8) is 0 Å². The van der Waals surface area contributed by atoms with Crippen LogP contribution in [0.2, 0.25) is 0 Å². The largest absolute Gasteiger partial charge is 0.439 e. The van der Waals surface area contributed by atoms with Crippen molar-refractivity contribution in [2.24, 2.45) is 0 Å². The van der Waals surface area contributed by atoms with Crippen molar-refractivity contribution >= 4 is 27.5 Å². The minimum Gasteiger partial charge on any atom is -0.439 e. The van der Waals surface area contributed by atoms with Crippen LogP contribution in [-0.4, -0.2) is 26.3 Å². The predicted molar refractivity (Wildman–Crippen MR) is 93.8 cm³/mol. The summed E-state index contributed by atoms with van der Waals surface area (Å²) in [5.74, 6) is 0.456. The Morgan fingerprint density at radius 1 is 1.08 bits per heavy atom. The zero-order chi connectivity index (χ0) is 18.3. The summed E-state index contributed by atoms with van der Waals surface area (Å²) in [6, 6.07) is 6.31. The predicted octanol–water partition coefficient (Wildman–Crippen LogP) is 4.38. The van der Waals surface area contributed by atoms with Crippen LogP contribution in [0.15, 0.2) is 44.9 Å². The molecule has 26 heavy (non-hydrogen) atoms. The highest BCUT2D eigenvalue weighted by atomic mass is 32.1. The van der Waals surface area contributed by atoms with Crippen LogP contribution >= 0.6 is 11.3 Å². The number of thiophene rings is 1. The number of hydrogen-bond donors (Lipinski definition) is 0. The lowest BCUT2D eigenvalue weighted by Gasteiger charge is -2.27. The van der Waals surface area contributed by atoms with E-state index in [1.54, 1.807) is 5.38 Å². The molecule has 136 valence electrons. The molecule has 4 nitrogen and oxygen atoms in total. The highest BCUT2D eigenvalue weighted by Gasteiger charge is 2.30. The number of hydrogen-bond acceptors (Lipinski definition) is 5. The van der Waals surface area contributed by atoms with Crippen LogP contribution in [0.25, 0.3) is 21.4 Å². The highest BCUT2D eigenvalue weighted by molar-refractivity contribution is 7.17. The molecule has 0 saturated carbocycles. The quantitative estimate of drug-likeness (QED) is 0.661. The number of nitrogens with zero attached hydrogens (tertiary/aromatic N) is 1. The third-order valence-corrected chi connectivity index (χ3v) is 5.25. The lowest BCUT2D eigenvalue weighted by molar-refractivity contribution is -0.137. The van der Waals surface area contributed by atoms with Gasteiger partial charge in [-0.25, -0.2) is 0 Å². The Labute approximate surface area is 150 Å².